The molecule has 4 aromatic carbocycles. The van der Waals surface area contributed by atoms with Crippen molar-refractivity contribution in [2.75, 3.05) is 0 Å². The third-order valence-electron chi connectivity index (χ3n) is 7.41. The molecule has 265 valence electrons. The molecule has 0 aliphatic heterocycles. The quantitative estimate of drug-likeness (QED) is 0.107. The van der Waals surface area contributed by atoms with Crippen molar-refractivity contribution in [2.24, 2.45) is 11.8 Å². The van der Waals surface area contributed by atoms with Crippen molar-refractivity contribution >= 4 is 6.29 Å². The second kappa shape index (κ2) is 18.7. The number of hydrogen-bond donors (Lipinski definition) is 1. The number of aliphatic hydroxyl groups excluding tert-OH is 1. The zero-order valence-electron chi connectivity index (χ0n) is 28.3. The summed E-state index contributed by atoms with van der Waals surface area (Å²) in [4.78, 5) is 19.3. The number of halogens is 2. The maximum atomic E-state index is 13.8. The molecule has 0 aliphatic rings. The predicted molar refractivity (Wildman–Crippen MR) is 180 cm³/mol. The first-order chi connectivity index (χ1) is 24.5. The number of carbonyl (C=O) groups is 1. The van der Waals surface area contributed by atoms with Gasteiger partial charge in [0.15, 0.2) is 6.29 Å². The van der Waals surface area contributed by atoms with Crippen molar-refractivity contribution in [3.05, 3.63) is 119 Å². The van der Waals surface area contributed by atoms with Crippen LogP contribution in [0.15, 0.2) is 94.0 Å². The SMILES string of the molecule is CC(C)Cc1ccc(-c2nc(-c3ccc(C=O)c(F)c3)no2)cc1.CC(C)Cc1ccc(-c2nc(-c3ccc(CO)c(F)c3)no2)cc1.[O]=[Mn]=[O]. The van der Waals surface area contributed by atoms with Gasteiger partial charge in [-0.05, 0) is 78.3 Å². The summed E-state index contributed by atoms with van der Waals surface area (Å²) in [6.07, 6.45) is 2.50. The number of carbonyl (C=O) groups excluding carboxylic acids is 1. The molecule has 0 saturated heterocycles. The van der Waals surface area contributed by atoms with Gasteiger partial charge in [-0.1, -0.05) is 80.5 Å². The molecule has 0 atom stereocenters. The molecule has 1 N–H and O–H groups in total. The Bertz CT molecular complexity index is 2070. The number of aromatic nitrogens is 4. The third kappa shape index (κ3) is 10.9. The topological polar surface area (TPSA) is 149 Å². The summed E-state index contributed by atoms with van der Waals surface area (Å²) in [7, 11) is 0. The van der Waals surface area contributed by atoms with E-state index in [0.717, 1.165) is 24.0 Å². The van der Waals surface area contributed by atoms with Crippen LogP contribution < -0.4 is 0 Å². The molecule has 0 spiro atoms. The van der Waals surface area contributed by atoms with E-state index in [1.54, 1.807) is 12.1 Å². The van der Waals surface area contributed by atoms with Crippen molar-refractivity contribution < 1.29 is 50.2 Å². The van der Waals surface area contributed by atoms with E-state index in [-0.39, 0.29) is 23.6 Å². The Morgan fingerprint density at radius 1 is 0.667 bits per heavy atom. The average molecular weight is 738 g/mol. The first-order valence-corrected chi connectivity index (χ1v) is 16.9. The van der Waals surface area contributed by atoms with Gasteiger partial charge >= 0.3 is 22.5 Å². The molecule has 0 saturated carbocycles. The molecule has 2 aromatic heterocycles. The third-order valence-corrected chi connectivity index (χ3v) is 7.41. The molecule has 0 unspecified atom stereocenters. The van der Waals surface area contributed by atoms with Crippen LogP contribution in [0.3, 0.4) is 0 Å². The standard InChI is InChI=1S/C19H19FN2O2.C19H17FN2O2.Mn.2O/c2*1-12(2)9-13-3-5-14(6-4-13)19-21-18(22-24-19)15-7-8-16(11-23)17(20)10-15;;;/h3-8,10,12,23H,9,11H2,1-2H3;3-8,10-12H,9H2,1-2H3;;;. The van der Waals surface area contributed by atoms with Crippen molar-refractivity contribution in [1.82, 2.24) is 20.3 Å². The van der Waals surface area contributed by atoms with Crippen LogP contribution in [0.25, 0.3) is 45.7 Å². The molecule has 6 aromatic rings. The van der Waals surface area contributed by atoms with E-state index in [1.165, 1.54) is 35.4 Å². The molecule has 51 heavy (non-hydrogen) atoms. The minimum atomic E-state index is -1.44. The Kier molecular flexibility index (Phi) is 14.1. The van der Waals surface area contributed by atoms with Crippen LogP contribution in [0.1, 0.15) is 54.7 Å². The Labute approximate surface area is 299 Å². The monoisotopic (exact) mass is 737 g/mol. The van der Waals surface area contributed by atoms with Crippen LogP contribution in [0.5, 0.6) is 0 Å². The van der Waals surface area contributed by atoms with E-state index in [1.807, 2.05) is 36.4 Å². The van der Waals surface area contributed by atoms with Gasteiger partial charge in [0, 0.05) is 27.8 Å². The van der Waals surface area contributed by atoms with Gasteiger partial charge in [-0.15, -0.1) is 0 Å². The second-order valence-corrected chi connectivity index (χ2v) is 12.5. The Morgan fingerprint density at radius 3 is 1.45 bits per heavy atom. The molecule has 0 aliphatic carbocycles. The van der Waals surface area contributed by atoms with Crippen molar-refractivity contribution in [3.63, 3.8) is 0 Å². The summed E-state index contributed by atoms with van der Waals surface area (Å²) in [5.41, 5.74) is 5.36. The van der Waals surface area contributed by atoms with Crippen LogP contribution in [0, 0.1) is 23.5 Å². The summed E-state index contributed by atoms with van der Waals surface area (Å²) < 4.78 is 54.8. The maximum absolute atomic E-state index is 13.8. The fraction of sp³-hybridized carbons (Fsp3) is 0.237. The number of aldehydes is 1. The molecule has 6 rings (SSSR count). The van der Waals surface area contributed by atoms with Gasteiger partial charge in [0.1, 0.15) is 11.6 Å². The molecule has 0 amide bonds. The summed E-state index contributed by atoms with van der Waals surface area (Å²) in [6, 6.07) is 24.6. The zero-order chi connectivity index (χ0) is 36.9. The molecular weight excluding hydrogens is 701 g/mol. The summed E-state index contributed by atoms with van der Waals surface area (Å²) in [5, 5.41) is 16.8. The Morgan fingerprint density at radius 2 is 1.08 bits per heavy atom. The fourth-order valence-corrected chi connectivity index (χ4v) is 5.00. The Hall–Kier alpha value is -5.23. The molecule has 0 bridgehead atoms. The van der Waals surface area contributed by atoms with E-state index < -0.39 is 26.5 Å². The summed E-state index contributed by atoms with van der Waals surface area (Å²) >= 11 is -1.44. The molecule has 2 heterocycles. The number of hydrogen-bond acceptors (Lipinski definition) is 10. The van der Waals surface area contributed by atoms with Crippen LogP contribution in [-0.4, -0.2) is 31.7 Å². The molecule has 0 fully saturated rings. The van der Waals surface area contributed by atoms with Gasteiger partial charge < -0.3 is 14.2 Å². The van der Waals surface area contributed by atoms with E-state index in [9.17, 15) is 13.6 Å². The van der Waals surface area contributed by atoms with E-state index >= 15 is 0 Å². The van der Waals surface area contributed by atoms with E-state index in [0.29, 0.717) is 46.9 Å². The van der Waals surface area contributed by atoms with Gasteiger partial charge in [0.05, 0.1) is 12.2 Å². The molecule has 10 nitrogen and oxygen atoms in total. The average Bonchev–Trinajstić information content (AvgIpc) is 3.81. The molecule has 0 radical (unpaired) electrons. The zero-order valence-corrected chi connectivity index (χ0v) is 29.5. The molecular formula is C38H36F2MnN4O6. The number of benzene rings is 4. The van der Waals surface area contributed by atoms with Crippen LogP contribution in [-0.2, 0) is 41.9 Å². The van der Waals surface area contributed by atoms with E-state index in [4.69, 9.17) is 21.8 Å². The first-order valence-electron chi connectivity index (χ1n) is 15.9. The van der Waals surface area contributed by atoms with Gasteiger partial charge in [0.25, 0.3) is 11.8 Å². The fourth-order valence-electron chi connectivity index (χ4n) is 5.00. The van der Waals surface area contributed by atoms with Crippen LogP contribution in [0.2, 0.25) is 0 Å². The number of aliphatic hydroxyl groups is 1. The van der Waals surface area contributed by atoms with Gasteiger partial charge in [-0.2, -0.15) is 9.97 Å². The summed E-state index contributed by atoms with van der Waals surface area (Å²) in [5.74, 6) is 1.48. The number of nitrogens with zero attached hydrogens (tertiary/aromatic N) is 4. The normalized spacial score (nSPS) is 10.7. The van der Waals surface area contributed by atoms with Crippen LogP contribution >= 0.6 is 0 Å². The van der Waals surface area contributed by atoms with Gasteiger partial charge in [0.2, 0.25) is 11.6 Å². The van der Waals surface area contributed by atoms with Gasteiger partial charge in [-0.25, -0.2) is 8.78 Å². The predicted octanol–water partition coefficient (Wildman–Crippen LogP) is 8.55. The van der Waals surface area contributed by atoms with Gasteiger partial charge in [-0.3, -0.25) is 4.79 Å². The minimum absolute atomic E-state index is 0.00297. The Balaban J connectivity index is 0.000000212. The second-order valence-electron chi connectivity index (χ2n) is 12.3. The van der Waals surface area contributed by atoms with Crippen molar-refractivity contribution in [1.29, 1.82) is 0 Å². The van der Waals surface area contributed by atoms with Crippen molar-refractivity contribution in [3.8, 4) is 45.7 Å². The van der Waals surface area contributed by atoms with Crippen molar-refractivity contribution in [2.45, 2.75) is 47.1 Å². The summed E-state index contributed by atoms with van der Waals surface area (Å²) in [6.45, 7) is 8.37. The molecule has 13 heteroatoms. The van der Waals surface area contributed by atoms with Crippen LogP contribution in [0.4, 0.5) is 8.78 Å². The van der Waals surface area contributed by atoms with E-state index in [2.05, 4.69) is 60.1 Å². The number of rotatable bonds is 10. The first kappa shape index (κ1) is 38.6.